The van der Waals surface area contributed by atoms with Gasteiger partial charge in [0.1, 0.15) is 0 Å². The zero-order valence-corrected chi connectivity index (χ0v) is 17.9. The molecule has 30 heavy (non-hydrogen) atoms. The van der Waals surface area contributed by atoms with Crippen molar-refractivity contribution in [1.29, 1.82) is 0 Å². The lowest BCUT2D eigenvalue weighted by atomic mass is 9.89. The first-order valence-corrected chi connectivity index (χ1v) is 11.0. The maximum atomic E-state index is 6.24. The maximum absolute atomic E-state index is 6.24. The van der Waals surface area contributed by atoms with Crippen molar-refractivity contribution in [2.45, 2.75) is 37.8 Å². The molecule has 0 saturated heterocycles. The van der Waals surface area contributed by atoms with Crippen molar-refractivity contribution in [2.75, 3.05) is 4.90 Å². The lowest BCUT2D eigenvalue weighted by molar-refractivity contribution is 0.391. The number of anilines is 2. The number of fused-ring (bicyclic) bond motifs is 2. The standard InChI is InChI=1S/C24H22Cl2N4/c25-15-1-7-19-21(13-15)28-11-9-23(19)30(18-5-3-17(27)4-6-18)24-10-12-29-22-14-16(26)2-8-20(22)24/h1-2,7-14,17-18H,3-6,27H2. The summed E-state index contributed by atoms with van der Waals surface area (Å²) in [5.41, 5.74) is 10.2. The highest BCUT2D eigenvalue weighted by molar-refractivity contribution is 6.31. The summed E-state index contributed by atoms with van der Waals surface area (Å²) in [7, 11) is 0. The van der Waals surface area contributed by atoms with E-state index in [1.807, 2.05) is 36.7 Å². The Labute approximate surface area is 185 Å². The average molecular weight is 437 g/mol. The molecule has 2 N–H and O–H groups in total. The topological polar surface area (TPSA) is 55.0 Å². The van der Waals surface area contributed by atoms with E-state index in [4.69, 9.17) is 28.9 Å². The van der Waals surface area contributed by atoms with Gasteiger partial charge in [-0.15, -0.1) is 0 Å². The van der Waals surface area contributed by atoms with Crippen molar-refractivity contribution in [3.8, 4) is 0 Å². The first-order valence-electron chi connectivity index (χ1n) is 10.2. The molecule has 0 atom stereocenters. The molecule has 0 spiro atoms. The number of pyridine rings is 2. The minimum absolute atomic E-state index is 0.282. The van der Waals surface area contributed by atoms with Gasteiger partial charge in [-0.1, -0.05) is 23.2 Å². The summed E-state index contributed by atoms with van der Waals surface area (Å²) >= 11 is 12.5. The van der Waals surface area contributed by atoms with E-state index >= 15 is 0 Å². The van der Waals surface area contributed by atoms with Gasteiger partial charge in [-0.3, -0.25) is 9.97 Å². The quantitative estimate of drug-likeness (QED) is 0.398. The molecule has 1 fully saturated rings. The van der Waals surface area contributed by atoms with Crippen LogP contribution in [0.5, 0.6) is 0 Å². The van der Waals surface area contributed by atoms with Crippen LogP contribution in [0.3, 0.4) is 0 Å². The summed E-state index contributed by atoms with van der Waals surface area (Å²) in [5, 5.41) is 3.53. The number of nitrogens with two attached hydrogens (primary N) is 1. The van der Waals surface area contributed by atoms with Crippen molar-refractivity contribution >= 4 is 56.4 Å². The normalized spacial score (nSPS) is 19.3. The first-order chi connectivity index (χ1) is 14.6. The largest absolute Gasteiger partial charge is 0.337 e. The van der Waals surface area contributed by atoms with Gasteiger partial charge >= 0.3 is 0 Å². The fraction of sp³-hybridized carbons (Fsp3) is 0.250. The second-order valence-electron chi connectivity index (χ2n) is 7.92. The number of benzene rings is 2. The Morgan fingerprint density at radius 3 is 1.73 bits per heavy atom. The van der Waals surface area contributed by atoms with Gasteiger partial charge in [0.2, 0.25) is 0 Å². The monoisotopic (exact) mass is 436 g/mol. The van der Waals surface area contributed by atoms with E-state index in [1.165, 1.54) is 0 Å². The van der Waals surface area contributed by atoms with Gasteiger partial charge in [-0.2, -0.15) is 0 Å². The summed E-state index contributed by atoms with van der Waals surface area (Å²) in [6.45, 7) is 0. The van der Waals surface area contributed by atoms with Crippen LogP contribution >= 0.6 is 23.2 Å². The molecule has 2 aromatic carbocycles. The predicted molar refractivity (Wildman–Crippen MR) is 126 cm³/mol. The second kappa shape index (κ2) is 8.03. The predicted octanol–water partition coefficient (Wildman–Crippen LogP) is 6.50. The third kappa shape index (κ3) is 3.60. The molecule has 0 radical (unpaired) electrons. The van der Waals surface area contributed by atoms with Crippen molar-refractivity contribution in [3.05, 3.63) is 71.0 Å². The van der Waals surface area contributed by atoms with Gasteiger partial charge in [-0.05, 0) is 74.2 Å². The molecule has 0 unspecified atom stereocenters. The summed E-state index contributed by atoms with van der Waals surface area (Å²) in [4.78, 5) is 11.5. The summed E-state index contributed by atoms with van der Waals surface area (Å²) in [6, 6.07) is 16.6. The average Bonchev–Trinajstić information content (AvgIpc) is 2.75. The molecule has 0 aliphatic heterocycles. The van der Waals surface area contributed by atoms with Crippen molar-refractivity contribution in [2.24, 2.45) is 5.73 Å². The number of rotatable bonds is 3. The summed E-state index contributed by atoms with van der Waals surface area (Å²) < 4.78 is 0. The molecule has 0 bridgehead atoms. The van der Waals surface area contributed by atoms with Crippen LogP contribution in [-0.4, -0.2) is 22.1 Å². The zero-order chi connectivity index (χ0) is 20.7. The fourth-order valence-corrected chi connectivity index (χ4v) is 4.85. The SMILES string of the molecule is NC1CCC(N(c2ccnc3cc(Cl)ccc23)c2ccnc3cc(Cl)ccc23)CC1. The van der Waals surface area contributed by atoms with Gasteiger partial charge in [-0.25, -0.2) is 0 Å². The Bertz CT molecular complexity index is 1130. The lowest BCUT2D eigenvalue weighted by Crippen LogP contribution is -2.38. The number of aromatic nitrogens is 2. The van der Waals surface area contributed by atoms with Crippen LogP contribution in [-0.2, 0) is 0 Å². The van der Waals surface area contributed by atoms with Gasteiger partial charge in [0.15, 0.2) is 0 Å². The van der Waals surface area contributed by atoms with E-state index in [0.29, 0.717) is 16.1 Å². The molecule has 4 aromatic rings. The Kier molecular flexibility index (Phi) is 5.23. The maximum Gasteiger partial charge on any atom is 0.0737 e. The molecular formula is C24H22Cl2N4. The first kappa shape index (κ1) is 19.6. The molecule has 1 saturated carbocycles. The molecule has 2 aromatic heterocycles. The van der Waals surface area contributed by atoms with Crippen LogP contribution in [0.2, 0.25) is 10.0 Å². The molecule has 1 aliphatic carbocycles. The van der Waals surface area contributed by atoms with Crippen molar-refractivity contribution in [3.63, 3.8) is 0 Å². The minimum atomic E-state index is 0.282. The molecule has 1 aliphatic rings. The Balaban J connectivity index is 1.74. The highest BCUT2D eigenvalue weighted by atomic mass is 35.5. The highest BCUT2D eigenvalue weighted by Crippen LogP contribution is 2.40. The molecule has 2 heterocycles. The lowest BCUT2D eigenvalue weighted by Gasteiger charge is -2.38. The van der Waals surface area contributed by atoms with Crippen LogP contribution < -0.4 is 10.6 Å². The van der Waals surface area contributed by atoms with E-state index in [0.717, 1.165) is 58.9 Å². The van der Waals surface area contributed by atoms with Gasteiger partial charge < -0.3 is 10.6 Å². The van der Waals surface area contributed by atoms with Gasteiger partial charge in [0.05, 0.1) is 22.4 Å². The fourth-order valence-electron chi connectivity index (χ4n) is 4.52. The summed E-state index contributed by atoms with van der Waals surface area (Å²) in [6.07, 6.45) is 7.83. The molecular weight excluding hydrogens is 415 g/mol. The Morgan fingerprint density at radius 1 is 0.733 bits per heavy atom. The smallest absolute Gasteiger partial charge is 0.0737 e. The number of hydrogen-bond acceptors (Lipinski definition) is 4. The third-order valence-electron chi connectivity index (χ3n) is 5.99. The van der Waals surface area contributed by atoms with Gasteiger partial charge in [0.25, 0.3) is 0 Å². The molecule has 5 rings (SSSR count). The van der Waals surface area contributed by atoms with E-state index < -0.39 is 0 Å². The van der Waals surface area contributed by atoms with Crippen LogP contribution in [0.15, 0.2) is 60.9 Å². The number of halogens is 2. The number of hydrogen-bond donors (Lipinski definition) is 1. The van der Waals surface area contributed by atoms with E-state index in [2.05, 4.69) is 39.1 Å². The second-order valence-corrected chi connectivity index (χ2v) is 8.79. The van der Waals surface area contributed by atoms with Crippen LogP contribution in [0.4, 0.5) is 11.4 Å². The van der Waals surface area contributed by atoms with Crippen molar-refractivity contribution < 1.29 is 0 Å². The third-order valence-corrected chi connectivity index (χ3v) is 6.46. The van der Waals surface area contributed by atoms with E-state index in [9.17, 15) is 0 Å². The minimum Gasteiger partial charge on any atom is -0.337 e. The molecule has 152 valence electrons. The molecule has 0 amide bonds. The van der Waals surface area contributed by atoms with Crippen LogP contribution in [0.25, 0.3) is 21.8 Å². The zero-order valence-electron chi connectivity index (χ0n) is 16.4. The molecule has 6 heteroatoms. The summed E-state index contributed by atoms with van der Waals surface area (Å²) in [5.74, 6) is 0. The van der Waals surface area contributed by atoms with E-state index in [-0.39, 0.29) is 6.04 Å². The van der Waals surface area contributed by atoms with Crippen LogP contribution in [0.1, 0.15) is 25.7 Å². The van der Waals surface area contributed by atoms with Crippen molar-refractivity contribution in [1.82, 2.24) is 9.97 Å². The molecule has 4 nitrogen and oxygen atoms in total. The van der Waals surface area contributed by atoms with Gasteiger partial charge in [0, 0.05) is 45.3 Å². The Morgan fingerprint density at radius 2 is 1.23 bits per heavy atom. The Hall–Kier alpha value is -2.40. The van der Waals surface area contributed by atoms with Crippen LogP contribution in [0, 0.1) is 0 Å². The highest BCUT2D eigenvalue weighted by Gasteiger charge is 2.28. The number of nitrogens with zero attached hydrogens (tertiary/aromatic N) is 3. The van der Waals surface area contributed by atoms with E-state index in [1.54, 1.807) is 0 Å².